The van der Waals surface area contributed by atoms with E-state index < -0.39 is 24.9 Å². The summed E-state index contributed by atoms with van der Waals surface area (Å²) in [5.74, 6) is -0.798. The van der Waals surface area contributed by atoms with Gasteiger partial charge >= 0.3 is 13.2 Å². The fourth-order valence-electron chi connectivity index (χ4n) is 2.43. The van der Waals surface area contributed by atoms with Gasteiger partial charge in [-0.25, -0.2) is 0 Å². The molecule has 1 amide bonds. The Balaban J connectivity index is 1.68. The van der Waals surface area contributed by atoms with Gasteiger partial charge in [0.1, 0.15) is 11.5 Å². The largest absolute Gasteiger partial charge is 0.435 e. The van der Waals surface area contributed by atoms with Crippen molar-refractivity contribution in [2.24, 2.45) is 0 Å². The van der Waals surface area contributed by atoms with Gasteiger partial charge in [-0.2, -0.15) is 17.6 Å². The molecule has 0 unspecified atom stereocenters. The first-order valence-electron chi connectivity index (χ1n) is 8.20. The standard InChI is InChI=1S/C18H14F4N4O3/c19-17(20)28-12-6-4-11(13(9-12)29-18(21)22)5-7-16(27)23-10-15-25-24-14-3-1-2-8-26(14)15/h1-9,17-18H,10H2,(H,23,27)/b7-5+. The Morgan fingerprint density at radius 3 is 2.66 bits per heavy atom. The number of rotatable bonds is 8. The smallest absolute Gasteiger partial charge is 0.387 e. The third-order valence-corrected chi connectivity index (χ3v) is 3.65. The number of pyridine rings is 1. The van der Waals surface area contributed by atoms with Crippen LogP contribution in [0.4, 0.5) is 17.6 Å². The minimum atomic E-state index is -3.18. The van der Waals surface area contributed by atoms with Gasteiger partial charge in [-0.1, -0.05) is 6.07 Å². The fraction of sp³-hybridized carbons (Fsp3) is 0.167. The SMILES string of the molecule is O=C(/C=C/c1ccc(OC(F)F)cc1OC(F)F)NCc1nnc2ccccn12. The third kappa shape index (κ3) is 5.43. The molecular formula is C18H14F4N4O3. The van der Waals surface area contributed by atoms with E-state index in [0.29, 0.717) is 11.5 Å². The van der Waals surface area contributed by atoms with E-state index in [4.69, 9.17) is 0 Å². The maximum atomic E-state index is 12.6. The predicted octanol–water partition coefficient (Wildman–Crippen LogP) is 3.26. The number of aromatic nitrogens is 3. The van der Waals surface area contributed by atoms with Crippen LogP contribution >= 0.6 is 0 Å². The number of hydrogen-bond acceptors (Lipinski definition) is 5. The Hall–Kier alpha value is -3.63. The van der Waals surface area contributed by atoms with Crippen LogP contribution in [0.3, 0.4) is 0 Å². The highest BCUT2D eigenvalue weighted by atomic mass is 19.3. The molecule has 2 heterocycles. The summed E-state index contributed by atoms with van der Waals surface area (Å²) in [5, 5.41) is 10.5. The van der Waals surface area contributed by atoms with Gasteiger partial charge in [0.2, 0.25) is 5.91 Å². The molecule has 0 atom stereocenters. The first-order chi connectivity index (χ1) is 13.9. The van der Waals surface area contributed by atoms with Crippen LogP contribution in [0.25, 0.3) is 11.7 Å². The number of amides is 1. The zero-order valence-corrected chi connectivity index (χ0v) is 14.6. The van der Waals surface area contributed by atoms with E-state index in [0.717, 1.165) is 18.2 Å². The number of hydrogen-bond donors (Lipinski definition) is 1. The van der Waals surface area contributed by atoms with Crippen LogP contribution in [0.2, 0.25) is 0 Å². The molecule has 3 aromatic rings. The summed E-state index contributed by atoms with van der Waals surface area (Å²) in [6, 6.07) is 8.58. The Morgan fingerprint density at radius 2 is 1.90 bits per heavy atom. The fourth-order valence-corrected chi connectivity index (χ4v) is 2.43. The summed E-state index contributed by atoms with van der Waals surface area (Å²) in [7, 11) is 0. The molecule has 29 heavy (non-hydrogen) atoms. The predicted molar refractivity (Wildman–Crippen MR) is 93.6 cm³/mol. The van der Waals surface area contributed by atoms with Crippen LogP contribution < -0.4 is 14.8 Å². The second-order valence-corrected chi connectivity index (χ2v) is 5.55. The Kier molecular flexibility index (Phi) is 6.27. The van der Waals surface area contributed by atoms with Crippen molar-refractivity contribution >= 4 is 17.6 Å². The highest BCUT2D eigenvalue weighted by Crippen LogP contribution is 2.28. The number of nitrogens with one attached hydrogen (secondary N) is 1. The quantitative estimate of drug-likeness (QED) is 0.456. The highest BCUT2D eigenvalue weighted by molar-refractivity contribution is 5.92. The molecule has 0 aliphatic heterocycles. The van der Waals surface area contributed by atoms with Crippen LogP contribution in [-0.2, 0) is 11.3 Å². The van der Waals surface area contributed by atoms with Crippen molar-refractivity contribution in [1.82, 2.24) is 19.9 Å². The number of ether oxygens (including phenoxy) is 2. The summed E-state index contributed by atoms with van der Waals surface area (Å²) in [6.07, 6.45) is 4.04. The molecule has 0 spiro atoms. The van der Waals surface area contributed by atoms with E-state index in [1.54, 1.807) is 28.8 Å². The van der Waals surface area contributed by atoms with E-state index in [2.05, 4.69) is 25.0 Å². The second-order valence-electron chi connectivity index (χ2n) is 5.55. The lowest BCUT2D eigenvalue weighted by atomic mass is 10.1. The molecule has 1 N–H and O–H groups in total. The van der Waals surface area contributed by atoms with Gasteiger partial charge in [0, 0.05) is 23.9 Å². The normalized spacial score (nSPS) is 11.5. The van der Waals surface area contributed by atoms with Gasteiger partial charge in [-0.3, -0.25) is 9.20 Å². The average molecular weight is 410 g/mol. The average Bonchev–Trinajstić information content (AvgIpc) is 3.08. The van der Waals surface area contributed by atoms with Crippen LogP contribution in [0.1, 0.15) is 11.4 Å². The van der Waals surface area contributed by atoms with Crippen molar-refractivity contribution in [1.29, 1.82) is 0 Å². The van der Waals surface area contributed by atoms with Gasteiger partial charge < -0.3 is 14.8 Å². The van der Waals surface area contributed by atoms with Crippen LogP contribution in [-0.4, -0.2) is 33.7 Å². The molecule has 0 aliphatic carbocycles. The summed E-state index contributed by atoms with van der Waals surface area (Å²) >= 11 is 0. The van der Waals surface area contributed by atoms with Gasteiger partial charge in [0.05, 0.1) is 6.54 Å². The van der Waals surface area contributed by atoms with E-state index in [1.165, 1.54) is 12.1 Å². The topological polar surface area (TPSA) is 77.8 Å². The summed E-state index contributed by atoms with van der Waals surface area (Å²) in [5.41, 5.74) is 0.696. The van der Waals surface area contributed by atoms with Crippen molar-refractivity contribution in [3.05, 3.63) is 60.1 Å². The zero-order valence-electron chi connectivity index (χ0n) is 14.6. The maximum absolute atomic E-state index is 12.6. The molecule has 0 radical (unpaired) electrons. The molecule has 11 heteroatoms. The van der Waals surface area contributed by atoms with E-state index in [1.807, 2.05) is 0 Å². The molecule has 0 fully saturated rings. The number of fused-ring (bicyclic) bond motifs is 1. The molecule has 0 bridgehead atoms. The molecule has 152 valence electrons. The van der Waals surface area contributed by atoms with Gasteiger partial charge in [-0.05, 0) is 30.3 Å². The summed E-state index contributed by atoms with van der Waals surface area (Å²) < 4.78 is 59.9. The Morgan fingerprint density at radius 1 is 1.10 bits per heavy atom. The lowest BCUT2D eigenvalue weighted by Gasteiger charge is -2.11. The van der Waals surface area contributed by atoms with Crippen molar-refractivity contribution < 1.29 is 31.8 Å². The number of nitrogens with zero attached hydrogens (tertiary/aromatic N) is 3. The first kappa shape index (κ1) is 20.1. The molecule has 1 aromatic carbocycles. The molecule has 7 nitrogen and oxygen atoms in total. The van der Waals surface area contributed by atoms with Crippen LogP contribution in [0.15, 0.2) is 48.7 Å². The molecule has 3 rings (SSSR count). The Labute approximate surface area is 161 Å². The number of halogens is 4. The number of carbonyl (C=O) groups is 1. The van der Waals surface area contributed by atoms with Crippen LogP contribution in [0, 0.1) is 0 Å². The molecular weight excluding hydrogens is 396 g/mol. The minimum Gasteiger partial charge on any atom is -0.435 e. The lowest BCUT2D eigenvalue weighted by Crippen LogP contribution is -2.21. The van der Waals surface area contributed by atoms with Gasteiger partial charge in [0.15, 0.2) is 11.5 Å². The highest BCUT2D eigenvalue weighted by Gasteiger charge is 2.12. The number of benzene rings is 1. The zero-order chi connectivity index (χ0) is 20.8. The monoisotopic (exact) mass is 410 g/mol. The minimum absolute atomic E-state index is 0.0787. The summed E-state index contributed by atoms with van der Waals surface area (Å²) in [6.45, 7) is -6.22. The second kappa shape index (κ2) is 9.04. The van der Waals surface area contributed by atoms with Crippen LogP contribution in [0.5, 0.6) is 11.5 Å². The van der Waals surface area contributed by atoms with E-state index >= 15 is 0 Å². The van der Waals surface area contributed by atoms with Crippen molar-refractivity contribution in [3.8, 4) is 11.5 Å². The number of alkyl halides is 4. The van der Waals surface area contributed by atoms with E-state index in [-0.39, 0.29) is 17.9 Å². The third-order valence-electron chi connectivity index (χ3n) is 3.65. The molecule has 0 aliphatic rings. The first-order valence-corrected chi connectivity index (χ1v) is 8.20. The van der Waals surface area contributed by atoms with E-state index in [9.17, 15) is 22.4 Å². The number of carbonyl (C=O) groups excluding carboxylic acids is 1. The summed E-state index contributed by atoms with van der Waals surface area (Å²) in [4.78, 5) is 12.0. The van der Waals surface area contributed by atoms with Gasteiger partial charge in [0.25, 0.3) is 0 Å². The molecule has 2 aromatic heterocycles. The maximum Gasteiger partial charge on any atom is 0.387 e. The molecule has 0 saturated heterocycles. The van der Waals surface area contributed by atoms with Crippen molar-refractivity contribution in [2.45, 2.75) is 19.8 Å². The lowest BCUT2D eigenvalue weighted by molar-refractivity contribution is -0.116. The van der Waals surface area contributed by atoms with Gasteiger partial charge in [-0.15, -0.1) is 10.2 Å². The molecule has 0 saturated carbocycles. The van der Waals surface area contributed by atoms with Crippen molar-refractivity contribution in [3.63, 3.8) is 0 Å². The van der Waals surface area contributed by atoms with Crippen molar-refractivity contribution in [2.75, 3.05) is 0 Å². The Bertz CT molecular complexity index is 1020.